The molecule has 0 spiro atoms. The maximum absolute atomic E-state index is 5.12. The molecule has 2 heterocycles. The van der Waals surface area contributed by atoms with Gasteiger partial charge in [0.05, 0.1) is 7.11 Å². The molecule has 0 amide bonds. The van der Waals surface area contributed by atoms with Crippen molar-refractivity contribution >= 4 is 10.9 Å². The SMILES string of the molecule is COc1cc(CNCc2ccc3cc[nH]c3c2)ccn1. The zero-order chi connectivity index (χ0) is 13.8. The fraction of sp³-hybridized carbons (Fsp3) is 0.188. The van der Waals surface area contributed by atoms with Crippen molar-refractivity contribution < 1.29 is 4.74 Å². The summed E-state index contributed by atoms with van der Waals surface area (Å²) in [6.07, 6.45) is 3.73. The second-order valence-electron chi connectivity index (χ2n) is 4.71. The summed E-state index contributed by atoms with van der Waals surface area (Å²) >= 11 is 0. The lowest BCUT2D eigenvalue weighted by atomic mass is 10.1. The van der Waals surface area contributed by atoms with Crippen LogP contribution >= 0.6 is 0 Å². The fourth-order valence-corrected chi connectivity index (χ4v) is 2.23. The van der Waals surface area contributed by atoms with Crippen LogP contribution in [0, 0.1) is 0 Å². The first-order valence-corrected chi connectivity index (χ1v) is 6.61. The van der Waals surface area contributed by atoms with E-state index in [2.05, 4.69) is 39.6 Å². The van der Waals surface area contributed by atoms with Gasteiger partial charge in [0.25, 0.3) is 0 Å². The van der Waals surface area contributed by atoms with E-state index in [1.165, 1.54) is 16.5 Å². The van der Waals surface area contributed by atoms with Crippen LogP contribution in [0.5, 0.6) is 5.88 Å². The Morgan fingerprint density at radius 1 is 1.10 bits per heavy atom. The number of pyridine rings is 1. The first-order valence-electron chi connectivity index (χ1n) is 6.61. The van der Waals surface area contributed by atoms with Crippen LogP contribution in [0.15, 0.2) is 48.8 Å². The molecule has 2 N–H and O–H groups in total. The molecular weight excluding hydrogens is 250 g/mol. The smallest absolute Gasteiger partial charge is 0.213 e. The first kappa shape index (κ1) is 12.7. The van der Waals surface area contributed by atoms with Crippen LogP contribution in [0.2, 0.25) is 0 Å². The lowest BCUT2D eigenvalue weighted by Gasteiger charge is -2.06. The van der Waals surface area contributed by atoms with Crippen molar-refractivity contribution in [2.45, 2.75) is 13.1 Å². The lowest BCUT2D eigenvalue weighted by molar-refractivity contribution is 0.397. The number of methoxy groups -OCH3 is 1. The molecule has 0 aliphatic carbocycles. The van der Waals surface area contributed by atoms with Crippen LogP contribution in [0.3, 0.4) is 0 Å². The fourth-order valence-electron chi connectivity index (χ4n) is 2.23. The molecule has 4 nitrogen and oxygen atoms in total. The van der Waals surface area contributed by atoms with Crippen LogP contribution in [-0.4, -0.2) is 17.1 Å². The maximum Gasteiger partial charge on any atom is 0.213 e. The zero-order valence-corrected chi connectivity index (χ0v) is 11.4. The van der Waals surface area contributed by atoms with E-state index >= 15 is 0 Å². The van der Waals surface area contributed by atoms with Gasteiger partial charge in [0.2, 0.25) is 5.88 Å². The normalized spacial score (nSPS) is 10.8. The molecule has 0 unspecified atom stereocenters. The number of nitrogens with zero attached hydrogens (tertiary/aromatic N) is 1. The average Bonchev–Trinajstić information content (AvgIpc) is 2.95. The largest absolute Gasteiger partial charge is 0.481 e. The number of nitrogens with one attached hydrogen (secondary N) is 2. The number of hydrogen-bond donors (Lipinski definition) is 2. The molecule has 0 atom stereocenters. The second-order valence-corrected chi connectivity index (χ2v) is 4.71. The highest BCUT2D eigenvalue weighted by Crippen LogP contribution is 2.14. The second kappa shape index (κ2) is 5.75. The minimum absolute atomic E-state index is 0.650. The van der Waals surface area contributed by atoms with E-state index in [9.17, 15) is 0 Å². The lowest BCUT2D eigenvalue weighted by Crippen LogP contribution is -2.12. The molecule has 102 valence electrons. The van der Waals surface area contributed by atoms with Crippen molar-refractivity contribution in [2.75, 3.05) is 7.11 Å². The minimum Gasteiger partial charge on any atom is -0.481 e. The summed E-state index contributed by atoms with van der Waals surface area (Å²) in [5.41, 5.74) is 3.61. The molecular formula is C16H17N3O. The van der Waals surface area contributed by atoms with Crippen LogP contribution < -0.4 is 10.1 Å². The highest BCUT2D eigenvalue weighted by Gasteiger charge is 1.99. The summed E-state index contributed by atoms with van der Waals surface area (Å²) in [6.45, 7) is 1.63. The van der Waals surface area contributed by atoms with Crippen molar-refractivity contribution in [3.8, 4) is 5.88 Å². The first-order chi connectivity index (χ1) is 9.85. The van der Waals surface area contributed by atoms with Crippen molar-refractivity contribution in [2.24, 2.45) is 0 Å². The van der Waals surface area contributed by atoms with Gasteiger partial charge in [-0.25, -0.2) is 4.98 Å². The molecule has 0 aliphatic rings. The summed E-state index contributed by atoms with van der Waals surface area (Å²) in [4.78, 5) is 7.33. The zero-order valence-electron chi connectivity index (χ0n) is 11.4. The summed E-state index contributed by atoms with van der Waals surface area (Å²) in [7, 11) is 1.63. The summed E-state index contributed by atoms with van der Waals surface area (Å²) in [5.74, 6) is 0.650. The van der Waals surface area contributed by atoms with E-state index in [1.54, 1.807) is 13.3 Å². The quantitative estimate of drug-likeness (QED) is 0.747. The number of aromatic amines is 1. The van der Waals surface area contributed by atoms with Gasteiger partial charge < -0.3 is 15.0 Å². The molecule has 3 aromatic rings. The molecule has 0 fully saturated rings. The minimum atomic E-state index is 0.650. The molecule has 1 aromatic carbocycles. The van der Waals surface area contributed by atoms with Crippen LogP contribution in [0.1, 0.15) is 11.1 Å². The molecule has 0 aliphatic heterocycles. The van der Waals surface area contributed by atoms with E-state index < -0.39 is 0 Å². The third-order valence-corrected chi connectivity index (χ3v) is 3.29. The van der Waals surface area contributed by atoms with Gasteiger partial charge in [-0.2, -0.15) is 0 Å². The molecule has 4 heteroatoms. The number of hydrogen-bond acceptors (Lipinski definition) is 3. The standard InChI is InChI=1S/C16H17N3O/c1-20-16-9-13(4-6-19-16)11-17-10-12-2-3-14-5-7-18-15(14)8-12/h2-9,17-18H,10-11H2,1H3. The Balaban J connectivity index is 1.61. The molecule has 20 heavy (non-hydrogen) atoms. The van der Waals surface area contributed by atoms with E-state index in [-0.39, 0.29) is 0 Å². The monoisotopic (exact) mass is 267 g/mol. The van der Waals surface area contributed by atoms with E-state index in [1.807, 2.05) is 18.3 Å². The Hall–Kier alpha value is -2.33. The number of rotatable bonds is 5. The summed E-state index contributed by atoms with van der Waals surface area (Å²) in [5, 5.41) is 4.67. The van der Waals surface area contributed by atoms with Crippen LogP contribution in [0.25, 0.3) is 10.9 Å². The Morgan fingerprint density at radius 3 is 2.80 bits per heavy atom. The van der Waals surface area contributed by atoms with E-state index in [0.29, 0.717) is 5.88 Å². The Labute approximate surface area is 117 Å². The number of benzene rings is 1. The third kappa shape index (κ3) is 2.81. The van der Waals surface area contributed by atoms with Gasteiger partial charge in [0, 0.05) is 37.1 Å². The summed E-state index contributed by atoms with van der Waals surface area (Å²) < 4.78 is 5.12. The Bertz CT molecular complexity index is 706. The van der Waals surface area contributed by atoms with Crippen molar-refractivity contribution in [3.05, 3.63) is 59.9 Å². The van der Waals surface area contributed by atoms with Crippen molar-refractivity contribution in [1.82, 2.24) is 15.3 Å². The summed E-state index contributed by atoms with van der Waals surface area (Å²) in [6, 6.07) is 12.5. The topological polar surface area (TPSA) is 49.9 Å². The molecule has 0 saturated carbocycles. The van der Waals surface area contributed by atoms with Gasteiger partial charge in [0.1, 0.15) is 0 Å². The highest BCUT2D eigenvalue weighted by atomic mass is 16.5. The Morgan fingerprint density at radius 2 is 1.95 bits per heavy atom. The Kier molecular flexibility index (Phi) is 3.65. The number of fused-ring (bicyclic) bond motifs is 1. The van der Waals surface area contributed by atoms with Gasteiger partial charge in [0.15, 0.2) is 0 Å². The average molecular weight is 267 g/mol. The van der Waals surface area contributed by atoms with E-state index in [0.717, 1.165) is 18.7 Å². The van der Waals surface area contributed by atoms with Gasteiger partial charge in [-0.15, -0.1) is 0 Å². The molecule has 0 radical (unpaired) electrons. The highest BCUT2D eigenvalue weighted by molar-refractivity contribution is 5.79. The van der Waals surface area contributed by atoms with Crippen LogP contribution in [-0.2, 0) is 13.1 Å². The number of ether oxygens (including phenoxy) is 1. The van der Waals surface area contributed by atoms with E-state index in [4.69, 9.17) is 4.74 Å². The number of aromatic nitrogens is 2. The van der Waals surface area contributed by atoms with Gasteiger partial charge in [-0.3, -0.25) is 0 Å². The van der Waals surface area contributed by atoms with Gasteiger partial charge >= 0.3 is 0 Å². The molecule has 0 saturated heterocycles. The predicted octanol–water partition coefficient (Wildman–Crippen LogP) is 2.86. The van der Waals surface area contributed by atoms with Gasteiger partial charge in [-0.1, -0.05) is 12.1 Å². The van der Waals surface area contributed by atoms with Crippen molar-refractivity contribution in [3.63, 3.8) is 0 Å². The van der Waals surface area contributed by atoms with Crippen molar-refractivity contribution in [1.29, 1.82) is 0 Å². The predicted molar refractivity (Wildman–Crippen MR) is 79.6 cm³/mol. The van der Waals surface area contributed by atoms with Gasteiger partial charge in [-0.05, 0) is 34.7 Å². The van der Waals surface area contributed by atoms with Crippen LogP contribution in [0.4, 0.5) is 0 Å². The maximum atomic E-state index is 5.12. The third-order valence-electron chi connectivity index (χ3n) is 3.29. The number of H-pyrrole nitrogens is 1. The molecule has 2 aromatic heterocycles. The molecule has 3 rings (SSSR count). The molecule has 0 bridgehead atoms.